The van der Waals surface area contributed by atoms with E-state index >= 15 is 0 Å². The summed E-state index contributed by atoms with van der Waals surface area (Å²) in [5.74, 6) is 0.200. The van der Waals surface area contributed by atoms with Crippen molar-refractivity contribution >= 4 is 17.7 Å². The maximum Gasteiger partial charge on any atom is 0.333 e. The van der Waals surface area contributed by atoms with Crippen LogP contribution in [-0.2, 0) is 19.2 Å². The Morgan fingerprint density at radius 2 is 1.78 bits per heavy atom. The maximum atomic E-state index is 11.7. The molecule has 0 unspecified atom stereocenters. The summed E-state index contributed by atoms with van der Waals surface area (Å²) in [6.45, 7) is 8.09. The van der Waals surface area contributed by atoms with Crippen LogP contribution in [0.15, 0.2) is 12.3 Å². The molecule has 130 valence electrons. The van der Waals surface area contributed by atoms with Gasteiger partial charge in [-0.25, -0.2) is 4.79 Å². The fourth-order valence-corrected chi connectivity index (χ4v) is 2.50. The highest BCUT2D eigenvalue weighted by atomic mass is 16.7. The Balaban J connectivity index is 2.06. The minimum Gasteiger partial charge on any atom is -0.334 e. The largest absolute Gasteiger partial charge is 0.334 e. The molecule has 1 fully saturated rings. The van der Waals surface area contributed by atoms with Gasteiger partial charge in [-0.3, -0.25) is 9.59 Å². The summed E-state index contributed by atoms with van der Waals surface area (Å²) in [7, 11) is 0. The lowest BCUT2D eigenvalue weighted by Gasteiger charge is -2.15. The molecule has 0 radical (unpaired) electrons. The zero-order valence-corrected chi connectivity index (χ0v) is 14.4. The maximum absolute atomic E-state index is 11.7. The smallest absolute Gasteiger partial charge is 0.333 e. The Labute approximate surface area is 139 Å². The van der Waals surface area contributed by atoms with E-state index in [2.05, 4.69) is 20.4 Å². The molecule has 0 saturated carbocycles. The fraction of sp³-hybridized carbons (Fsp3) is 0.722. The number of nitrogens with zero attached hydrogens (tertiary/aromatic N) is 1. The highest BCUT2D eigenvalue weighted by Crippen LogP contribution is 2.21. The zero-order valence-electron chi connectivity index (χ0n) is 14.4. The summed E-state index contributed by atoms with van der Waals surface area (Å²) in [5, 5.41) is 0.985. The predicted molar refractivity (Wildman–Crippen MR) is 88.1 cm³/mol. The second-order valence-corrected chi connectivity index (χ2v) is 6.60. The SMILES string of the molecule is C=C1CCC(=O)N1OC(=O)CCCC(=O)CCCCCC(C)C. The first-order valence-electron chi connectivity index (χ1n) is 8.63. The Kier molecular flexibility index (Phi) is 8.59. The molecule has 23 heavy (non-hydrogen) atoms. The third-order valence-corrected chi connectivity index (χ3v) is 3.91. The molecule has 0 aromatic carbocycles. The molecule has 1 amide bonds. The number of unbranched alkanes of at least 4 members (excludes halogenated alkanes) is 2. The number of hydrogen-bond donors (Lipinski definition) is 0. The van der Waals surface area contributed by atoms with Gasteiger partial charge in [-0.1, -0.05) is 39.7 Å². The van der Waals surface area contributed by atoms with Crippen molar-refractivity contribution in [2.24, 2.45) is 5.92 Å². The summed E-state index contributed by atoms with van der Waals surface area (Å²) < 4.78 is 0. The molecule has 0 bridgehead atoms. The molecule has 1 aliphatic rings. The highest BCUT2D eigenvalue weighted by Gasteiger charge is 2.27. The van der Waals surface area contributed by atoms with E-state index in [1.165, 1.54) is 12.8 Å². The standard InChI is InChI=1S/C18H29NO4/c1-14(2)8-5-4-6-9-16(20)10-7-11-18(22)23-19-15(3)12-13-17(19)21/h14H,3-13H2,1-2H3. The number of carbonyl (C=O) groups is 3. The molecular formula is C18H29NO4. The van der Waals surface area contributed by atoms with Crippen LogP contribution in [-0.4, -0.2) is 22.7 Å². The first-order chi connectivity index (χ1) is 10.9. The van der Waals surface area contributed by atoms with Crippen molar-refractivity contribution in [3.05, 3.63) is 12.3 Å². The van der Waals surface area contributed by atoms with Gasteiger partial charge in [0.1, 0.15) is 5.78 Å². The lowest BCUT2D eigenvalue weighted by molar-refractivity contribution is -0.186. The van der Waals surface area contributed by atoms with Gasteiger partial charge in [0.2, 0.25) is 0 Å². The minimum atomic E-state index is -0.480. The third kappa shape index (κ3) is 7.95. The minimum absolute atomic E-state index is 0.149. The fourth-order valence-electron chi connectivity index (χ4n) is 2.50. The van der Waals surface area contributed by atoms with E-state index in [1.807, 2.05) is 0 Å². The quantitative estimate of drug-likeness (QED) is 0.540. The number of Topliss-reactive ketones (excluding diaryl/α,β-unsaturated/α-hetero) is 1. The lowest BCUT2D eigenvalue weighted by Crippen LogP contribution is -2.26. The van der Waals surface area contributed by atoms with Crippen molar-refractivity contribution in [1.29, 1.82) is 0 Å². The van der Waals surface area contributed by atoms with Crippen LogP contribution in [0.3, 0.4) is 0 Å². The van der Waals surface area contributed by atoms with Gasteiger partial charge in [-0.05, 0) is 25.2 Å². The zero-order chi connectivity index (χ0) is 17.2. The summed E-state index contributed by atoms with van der Waals surface area (Å²) in [6, 6.07) is 0. The van der Waals surface area contributed by atoms with Crippen LogP contribution in [0.1, 0.15) is 78.1 Å². The molecule has 0 spiro atoms. The van der Waals surface area contributed by atoms with Gasteiger partial charge in [0.15, 0.2) is 0 Å². The van der Waals surface area contributed by atoms with Crippen LogP contribution in [0.25, 0.3) is 0 Å². The lowest BCUT2D eigenvalue weighted by atomic mass is 10.0. The molecule has 0 aromatic rings. The average molecular weight is 323 g/mol. The molecule has 1 heterocycles. The van der Waals surface area contributed by atoms with E-state index in [4.69, 9.17) is 4.84 Å². The van der Waals surface area contributed by atoms with Gasteiger partial charge in [0.05, 0.1) is 5.70 Å². The molecule has 5 nitrogen and oxygen atoms in total. The second kappa shape index (κ2) is 10.2. The normalized spacial score (nSPS) is 14.7. The number of carbonyl (C=O) groups excluding carboxylic acids is 3. The van der Waals surface area contributed by atoms with Crippen molar-refractivity contribution in [2.45, 2.75) is 78.1 Å². The summed E-state index contributed by atoms with van der Waals surface area (Å²) in [6.07, 6.45) is 6.87. The van der Waals surface area contributed by atoms with Crippen molar-refractivity contribution in [3.63, 3.8) is 0 Å². The van der Waals surface area contributed by atoms with Crippen molar-refractivity contribution in [3.8, 4) is 0 Å². The van der Waals surface area contributed by atoms with Crippen LogP contribution >= 0.6 is 0 Å². The topological polar surface area (TPSA) is 63.7 Å². The molecule has 0 atom stereocenters. The van der Waals surface area contributed by atoms with Crippen LogP contribution in [0, 0.1) is 5.92 Å². The monoisotopic (exact) mass is 323 g/mol. The molecule has 1 saturated heterocycles. The van der Waals surface area contributed by atoms with Gasteiger partial charge in [0.25, 0.3) is 5.91 Å². The number of hydrogen-bond acceptors (Lipinski definition) is 4. The van der Waals surface area contributed by atoms with Gasteiger partial charge >= 0.3 is 5.97 Å². The van der Waals surface area contributed by atoms with Gasteiger partial charge in [-0.2, -0.15) is 0 Å². The number of allylic oxidation sites excluding steroid dienone is 1. The third-order valence-electron chi connectivity index (χ3n) is 3.91. The van der Waals surface area contributed by atoms with Crippen LogP contribution in [0.5, 0.6) is 0 Å². The average Bonchev–Trinajstić information content (AvgIpc) is 2.78. The van der Waals surface area contributed by atoms with Gasteiger partial charge in [-0.15, -0.1) is 5.06 Å². The molecule has 1 rings (SSSR count). The van der Waals surface area contributed by atoms with E-state index in [9.17, 15) is 14.4 Å². The van der Waals surface area contributed by atoms with Gasteiger partial charge in [0, 0.05) is 25.7 Å². The summed E-state index contributed by atoms with van der Waals surface area (Å²) >= 11 is 0. The molecule has 5 heteroatoms. The number of amides is 1. The highest BCUT2D eigenvalue weighted by molar-refractivity contribution is 5.82. The van der Waals surface area contributed by atoms with Crippen LogP contribution in [0.4, 0.5) is 0 Å². The first kappa shape index (κ1) is 19.4. The van der Waals surface area contributed by atoms with Crippen molar-refractivity contribution < 1.29 is 19.2 Å². The molecule has 0 N–H and O–H groups in total. The number of rotatable bonds is 11. The molecule has 0 aromatic heterocycles. The Hall–Kier alpha value is -1.65. The predicted octanol–water partition coefficient (Wildman–Crippen LogP) is 3.93. The Morgan fingerprint density at radius 3 is 2.39 bits per heavy atom. The molecule has 1 aliphatic heterocycles. The van der Waals surface area contributed by atoms with Crippen molar-refractivity contribution in [2.75, 3.05) is 0 Å². The summed E-state index contributed by atoms with van der Waals surface area (Å²) in [5.41, 5.74) is 0.515. The van der Waals surface area contributed by atoms with Gasteiger partial charge < -0.3 is 4.84 Å². The molecular weight excluding hydrogens is 294 g/mol. The van der Waals surface area contributed by atoms with E-state index in [-0.39, 0.29) is 18.1 Å². The Bertz CT molecular complexity index is 426. The van der Waals surface area contributed by atoms with Crippen molar-refractivity contribution in [1.82, 2.24) is 5.06 Å². The van der Waals surface area contributed by atoms with Crippen LogP contribution < -0.4 is 0 Å². The van der Waals surface area contributed by atoms with E-state index in [0.717, 1.165) is 23.8 Å². The Morgan fingerprint density at radius 1 is 1.09 bits per heavy atom. The van der Waals surface area contributed by atoms with Crippen LogP contribution in [0.2, 0.25) is 0 Å². The van der Waals surface area contributed by atoms with E-state index in [1.54, 1.807) is 0 Å². The van der Waals surface area contributed by atoms with E-state index < -0.39 is 5.97 Å². The second-order valence-electron chi connectivity index (χ2n) is 6.60. The van der Waals surface area contributed by atoms with E-state index in [0.29, 0.717) is 37.8 Å². The molecule has 0 aliphatic carbocycles. The number of ketones is 1. The first-order valence-corrected chi connectivity index (χ1v) is 8.63. The number of hydroxylamine groups is 2. The summed E-state index contributed by atoms with van der Waals surface area (Å²) in [4.78, 5) is 39.8.